The van der Waals surface area contributed by atoms with Crippen LogP contribution in [0.25, 0.3) is 0 Å². The summed E-state index contributed by atoms with van der Waals surface area (Å²) in [5, 5.41) is 11.1. The number of carboxylic acids is 1. The molecule has 0 saturated carbocycles. The number of halogens is 2. The third-order valence-corrected chi connectivity index (χ3v) is 2.33. The van der Waals surface area contributed by atoms with E-state index in [-0.39, 0.29) is 16.9 Å². The van der Waals surface area contributed by atoms with Crippen molar-refractivity contribution in [1.82, 2.24) is 4.98 Å². The molecule has 2 N–H and O–H groups in total. The highest BCUT2D eigenvalue weighted by atomic mass is 35.5. The summed E-state index contributed by atoms with van der Waals surface area (Å²) in [6.07, 6.45) is 0. The Kier molecular flexibility index (Phi) is 5.33. The number of ether oxygens (including phenoxy) is 1. The Morgan fingerprint density at radius 2 is 2.11 bits per heavy atom. The molecule has 18 heavy (non-hydrogen) atoms. The Balaban J connectivity index is 2.62. The zero-order chi connectivity index (χ0) is 13.7. The molecule has 1 rings (SSSR count). The molecule has 6 nitrogen and oxygen atoms in total. The summed E-state index contributed by atoms with van der Waals surface area (Å²) < 4.78 is 4.63. The molecule has 1 aromatic heterocycles. The minimum Gasteiger partial charge on any atom is -0.480 e. The number of hydrogen-bond acceptors (Lipinski definition) is 4. The number of aliphatic carboxylic acids is 1. The topological polar surface area (TPSA) is 88.5 Å². The molecule has 0 aromatic carbocycles. The van der Waals surface area contributed by atoms with Gasteiger partial charge < -0.3 is 15.2 Å². The summed E-state index contributed by atoms with van der Waals surface area (Å²) in [5.74, 6) is -1.67. The van der Waals surface area contributed by atoms with Crippen molar-refractivity contribution in [3.63, 3.8) is 0 Å². The maximum atomic E-state index is 11.4. The van der Waals surface area contributed by atoms with Crippen LogP contribution in [-0.2, 0) is 14.3 Å². The number of nitrogens with zero attached hydrogens (tertiary/aromatic N) is 1. The predicted octanol–water partition coefficient (Wildman–Crippen LogP) is 1.74. The van der Waals surface area contributed by atoms with Gasteiger partial charge in [-0.3, -0.25) is 4.79 Å². The average Bonchev–Trinajstić information content (AvgIpc) is 2.22. The van der Waals surface area contributed by atoms with Crippen LogP contribution in [0.3, 0.4) is 0 Å². The highest BCUT2D eigenvalue weighted by Crippen LogP contribution is 2.26. The van der Waals surface area contributed by atoms with E-state index >= 15 is 0 Å². The number of pyridine rings is 1. The smallest absolute Gasteiger partial charge is 0.329 e. The van der Waals surface area contributed by atoms with E-state index < -0.39 is 18.5 Å². The molecule has 1 aromatic rings. The fourth-order valence-corrected chi connectivity index (χ4v) is 1.73. The largest absolute Gasteiger partial charge is 0.480 e. The number of carboxylic acid groups (broad SMARTS) is 1. The van der Waals surface area contributed by atoms with Gasteiger partial charge in [0.15, 0.2) is 5.15 Å². The second-order valence-electron chi connectivity index (χ2n) is 3.36. The molecule has 0 bridgehead atoms. The number of hydrogen-bond donors (Lipinski definition) is 2. The Bertz CT molecular complexity index is 456. The normalized spacial score (nSPS) is 10.2. The number of aromatic nitrogens is 1. The molecular formula is C10H10Cl2N2O4. The quantitative estimate of drug-likeness (QED) is 0.807. The molecule has 0 fully saturated rings. The lowest BCUT2D eigenvalue weighted by Crippen LogP contribution is -2.21. The molecule has 0 aliphatic carbocycles. The van der Waals surface area contributed by atoms with Crippen LogP contribution in [0.1, 0.15) is 5.56 Å². The minimum absolute atomic E-state index is 0.0617. The molecule has 0 spiro atoms. The summed E-state index contributed by atoms with van der Waals surface area (Å²) in [6.45, 7) is 0.775. The third kappa shape index (κ3) is 4.48. The number of carbonyl (C=O) groups is 2. The van der Waals surface area contributed by atoms with Gasteiger partial charge in [-0.15, -0.1) is 0 Å². The summed E-state index contributed by atoms with van der Waals surface area (Å²) in [4.78, 5) is 25.4. The molecule has 1 amide bonds. The van der Waals surface area contributed by atoms with Crippen LogP contribution < -0.4 is 5.32 Å². The van der Waals surface area contributed by atoms with E-state index in [1.165, 1.54) is 0 Å². The van der Waals surface area contributed by atoms with Gasteiger partial charge in [-0.2, -0.15) is 0 Å². The zero-order valence-corrected chi connectivity index (χ0v) is 10.9. The van der Waals surface area contributed by atoms with Crippen LogP contribution in [0.4, 0.5) is 5.69 Å². The number of anilines is 1. The summed E-state index contributed by atoms with van der Waals surface area (Å²) in [6, 6.07) is 1.54. The maximum absolute atomic E-state index is 11.4. The van der Waals surface area contributed by atoms with Crippen molar-refractivity contribution >= 4 is 40.8 Å². The molecule has 0 radical (unpaired) electrons. The van der Waals surface area contributed by atoms with E-state index in [0.717, 1.165) is 0 Å². The van der Waals surface area contributed by atoms with Gasteiger partial charge in [0.1, 0.15) is 18.4 Å². The van der Waals surface area contributed by atoms with Crippen molar-refractivity contribution in [2.24, 2.45) is 0 Å². The molecule has 0 aliphatic heterocycles. The van der Waals surface area contributed by atoms with Crippen molar-refractivity contribution < 1.29 is 19.4 Å². The highest BCUT2D eigenvalue weighted by molar-refractivity contribution is 6.34. The van der Waals surface area contributed by atoms with Crippen LogP contribution in [0.15, 0.2) is 6.07 Å². The van der Waals surface area contributed by atoms with Crippen molar-refractivity contribution in [1.29, 1.82) is 0 Å². The molecule has 0 atom stereocenters. The van der Waals surface area contributed by atoms with E-state index in [0.29, 0.717) is 11.3 Å². The van der Waals surface area contributed by atoms with Crippen molar-refractivity contribution in [2.75, 3.05) is 18.5 Å². The van der Waals surface area contributed by atoms with Crippen LogP contribution in [-0.4, -0.2) is 35.2 Å². The first-order valence-corrected chi connectivity index (χ1v) is 5.57. The number of amides is 1. The zero-order valence-electron chi connectivity index (χ0n) is 9.37. The lowest BCUT2D eigenvalue weighted by molar-refractivity contribution is -0.143. The first kappa shape index (κ1) is 14.7. The second kappa shape index (κ2) is 6.53. The Hall–Kier alpha value is -1.37. The molecular weight excluding hydrogens is 283 g/mol. The van der Waals surface area contributed by atoms with Gasteiger partial charge in [0.2, 0.25) is 5.91 Å². The Labute approximate surface area is 113 Å². The standard InChI is InChI=1S/C10H10Cl2N2O4/c1-5-2-6(11)13-10(12)9(5)14-7(15)3-18-4-8(16)17/h2H,3-4H2,1H3,(H,14,15)(H,16,17). The highest BCUT2D eigenvalue weighted by Gasteiger charge is 2.11. The number of aryl methyl sites for hydroxylation is 1. The SMILES string of the molecule is Cc1cc(Cl)nc(Cl)c1NC(=O)COCC(=O)O. The molecule has 0 unspecified atom stereocenters. The Morgan fingerprint density at radius 1 is 1.44 bits per heavy atom. The monoisotopic (exact) mass is 292 g/mol. The van der Waals surface area contributed by atoms with Crippen molar-refractivity contribution in [3.8, 4) is 0 Å². The van der Waals surface area contributed by atoms with Gasteiger partial charge in [-0.05, 0) is 18.6 Å². The lowest BCUT2D eigenvalue weighted by Gasteiger charge is -2.10. The van der Waals surface area contributed by atoms with Gasteiger partial charge in [0.05, 0.1) is 5.69 Å². The lowest BCUT2D eigenvalue weighted by atomic mass is 10.2. The van der Waals surface area contributed by atoms with E-state index in [1.54, 1.807) is 13.0 Å². The van der Waals surface area contributed by atoms with Crippen molar-refractivity contribution in [2.45, 2.75) is 6.92 Å². The molecule has 1 heterocycles. The van der Waals surface area contributed by atoms with Crippen molar-refractivity contribution in [3.05, 3.63) is 21.9 Å². The molecule has 0 saturated heterocycles. The van der Waals surface area contributed by atoms with Crippen LogP contribution in [0.2, 0.25) is 10.3 Å². The van der Waals surface area contributed by atoms with E-state index in [9.17, 15) is 9.59 Å². The molecule has 0 aliphatic rings. The van der Waals surface area contributed by atoms with Crippen LogP contribution in [0.5, 0.6) is 0 Å². The number of rotatable bonds is 5. The van der Waals surface area contributed by atoms with E-state index in [2.05, 4.69) is 15.0 Å². The fraction of sp³-hybridized carbons (Fsp3) is 0.300. The molecule has 98 valence electrons. The van der Waals surface area contributed by atoms with Gasteiger partial charge >= 0.3 is 5.97 Å². The first-order chi connectivity index (χ1) is 8.40. The Morgan fingerprint density at radius 3 is 2.67 bits per heavy atom. The maximum Gasteiger partial charge on any atom is 0.329 e. The number of nitrogens with one attached hydrogen (secondary N) is 1. The fourth-order valence-electron chi connectivity index (χ4n) is 1.15. The third-order valence-electron chi connectivity index (χ3n) is 1.86. The second-order valence-corrected chi connectivity index (χ2v) is 4.11. The number of carbonyl (C=O) groups excluding carboxylic acids is 1. The summed E-state index contributed by atoms with van der Waals surface area (Å²) >= 11 is 11.5. The van der Waals surface area contributed by atoms with E-state index in [1.807, 2.05) is 0 Å². The summed E-state index contributed by atoms with van der Waals surface area (Å²) in [5.41, 5.74) is 0.969. The summed E-state index contributed by atoms with van der Waals surface area (Å²) in [7, 11) is 0. The first-order valence-electron chi connectivity index (χ1n) is 4.82. The van der Waals surface area contributed by atoms with Gasteiger partial charge in [-0.1, -0.05) is 23.2 Å². The minimum atomic E-state index is -1.15. The van der Waals surface area contributed by atoms with Gasteiger partial charge in [0.25, 0.3) is 0 Å². The van der Waals surface area contributed by atoms with Gasteiger partial charge in [0, 0.05) is 0 Å². The predicted molar refractivity (Wildman–Crippen MR) is 66.1 cm³/mol. The average molecular weight is 293 g/mol. The molecule has 8 heteroatoms. The van der Waals surface area contributed by atoms with E-state index in [4.69, 9.17) is 28.3 Å². The van der Waals surface area contributed by atoms with Crippen LogP contribution >= 0.6 is 23.2 Å². The van der Waals surface area contributed by atoms with Crippen LogP contribution in [0, 0.1) is 6.92 Å². The van der Waals surface area contributed by atoms with Gasteiger partial charge in [-0.25, -0.2) is 9.78 Å².